The lowest BCUT2D eigenvalue weighted by Gasteiger charge is -2.35. The third kappa shape index (κ3) is 2.50. The maximum Gasteiger partial charge on any atom is 0.182 e. The number of fused-ring (bicyclic) bond motifs is 1. The van der Waals surface area contributed by atoms with Gasteiger partial charge in [-0.05, 0) is 12.1 Å². The van der Waals surface area contributed by atoms with Crippen LogP contribution < -0.4 is 4.90 Å². The molecule has 0 amide bonds. The molecule has 0 spiro atoms. The highest BCUT2D eigenvalue weighted by Gasteiger charge is 2.20. The normalized spacial score (nSPS) is 16.3. The van der Waals surface area contributed by atoms with Gasteiger partial charge in [0.15, 0.2) is 11.5 Å². The summed E-state index contributed by atoms with van der Waals surface area (Å²) in [7, 11) is 0. The molecule has 3 aromatic heterocycles. The zero-order valence-corrected chi connectivity index (χ0v) is 12.2. The number of imidazole rings is 1. The summed E-state index contributed by atoms with van der Waals surface area (Å²) in [5, 5.41) is 0. The average molecular weight is 295 g/mol. The molecule has 0 unspecified atom stereocenters. The summed E-state index contributed by atoms with van der Waals surface area (Å²) in [6.07, 6.45) is 5.10. The Labute approximate surface area is 128 Å². The number of rotatable bonds is 3. The van der Waals surface area contributed by atoms with Gasteiger partial charge in [0, 0.05) is 38.9 Å². The molecule has 0 radical (unpaired) electrons. The standard InChI is InChI=1S/C15H17N7/c1-2-4-16-12(3-1)9-21-5-7-22(8-6-21)15-13-14(18-10-17-13)19-11-20-15/h1-4,10-11H,5-9H2,(H,17,18,19,20). The minimum Gasteiger partial charge on any atom is -0.352 e. The van der Waals surface area contributed by atoms with Crippen LogP contribution in [-0.4, -0.2) is 56.0 Å². The van der Waals surface area contributed by atoms with Gasteiger partial charge in [0.05, 0.1) is 12.0 Å². The monoisotopic (exact) mass is 295 g/mol. The number of H-pyrrole nitrogens is 1. The molecule has 3 aromatic rings. The van der Waals surface area contributed by atoms with E-state index in [0.717, 1.165) is 55.4 Å². The Hall–Kier alpha value is -2.54. The number of nitrogens with one attached hydrogen (secondary N) is 1. The molecule has 0 bridgehead atoms. The van der Waals surface area contributed by atoms with Gasteiger partial charge in [-0.2, -0.15) is 0 Å². The van der Waals surface area contributed by atoms with Gasteiger partial charge in [0.1, 0.15) is 11.8 Å². The molecule has 22 heavy (non-hydrogen) atoms. The fraction of sp³-hybridized carbons (Fsp3) is 0.333. The van der Waals surface area contributed by atoms with E-state index < -0.39 is 0 Å². The third-order valence-corrected chi connectivity index (χ3v) is 3.99. The van der Waals surface area contributed by atoms with Crippen molar-refractivity contribution in [3.05, 3.63) is 42.7 Å². The van der Waals surface area contributed by atoms with Crippen molar-refractivity contribution in [1.29, 1.82) is 0 Å². The van der Waals surface area contributed by atoms with Crippen LogP contribution in [0.4, 0.5) is 5.82 Å². The van der Waals surface area contributed by atoms with Gasteiger partial charge in [0.2, 0.25) is 0 Å². The van der Waals surface area contributed by atoms with E-state index in [1.54, 1.807) is 12.7 Å². The minimum absolute atomic E-state index is 0.723. The van der Waals surface area contributed by atoms with Crippen molar-refractivity contribution in [1.82, 2.24) is 29.8 Å². The van der Waals surface area contributed by atoms with Crippen LogP contribution in [0.15, 0.2) is 37.1 Å². The number of piperazine rings is 1. The fourth-order valence-electron chi connectivity index (χ4n) is 2.83. The van der Waals surface area contributed by atoms with E-state index in [4.69, 9.17) is 0 Å². The predicted molar refractivity (Wildman–Crippen MR) is 83.4 cm³/mol. The Morgan fingerprint density at radius 1 is 1.00 bits per heavy atom. The molecule has 1 N–H and O–H groups in total. The highest BCUT2D eigenvalue weighted by atomic mass is 15.3. The van der Waals surface area contributed by atoms with Crippen LogP contribution in [0.5, 0.6) is 0 Å². The number of anilines is 1. The number of aromatic amines is 1. The number of nitrogens with zero attached hydrogens (tertiary/aromatic N) is 6. The van der Waals surface area contributed by atoms with E-state index in [1.165, 1.54) is 0 Å². The van der Waals surface area contributed by atoms with Gasteiger partial charge in [-0.15, -0.1) is 0 Å². The lowest BCUT2D eigenvalue weighted by molar-refractivity contribution is 0.246. The summed E-state index contributed by atoms with van der Waals surface area (Å²) >= 11 is 0. The second kappa shape index (κ2) is 5.69. The molecule has 1 saturated heterocycles. The summed E-state index contributed by atoms with van der Waals surface area (Å²) in [5.41, 5.74) is 2.76. The first-order valence-electron chi connectivity index (χ1n) is 7.41. The highest BCUT2D eigenvalue weighted by Crippen LogP contribution is 2.21. The van der Waals surface area contributed by atoms with Crippen LogP contribution >= 0.6 is 0 Å². The minimum atomic E-state index is 0.723. The number of pyridine rings is 1. The Morgan fingerprint density at radius 2 is 1.91 bits per heavy atom. The SMILES string of the molecule is c1ccc(CN2CCN(c3ncnc4nc[nH]c34)CC2)nc1. The maximum atomic E-state index is 4.42. The van der Waals surface area contributed by atoms with Crippen LogP contribution in [0, 0.1) is 0 Å². The highest BCUT2D eigenvalue weighted by molar-refractivity contribution is 5.82. The first-order chi connectivity index (χ1) is 10.9. The maximum absolute atomic E-state index is 4.42. The number of hydrogen-bond donors (Lipinski definition) is 1. The molecule has 112 valence electrons. The Kier molecular flexibility index (Phi) is 3.40. The number of hydrogen-bond acceptors (Lipinski definition) is 6. The van der Waals surface area contributed by atoms with Crippen molar-refractivity contribution in [2.24, 2.45) is 0 Å². The summed E-state index contributed by atoms with van der Waals surface area (Å²) in [5.74, 6) is 0.944. The second-order valence-electron chi connectivity index (χ2n) is 5.38. The predicted octanol–water partition coefficient (Wildman–Crippen LogP) is 1.07. The van der Waals surface area contributed by atoms with Gasteiger partial charge in [-0.3, -0.25) is 9.88 Å². The van der Waals surface area contributed by atoms with Crippen molar-refractivity contribution in [2.75, 3.05) is 31.1 Å². The Bertz CT molecular complexity index is 747. The molecule has 4 rings (SSSR count). The molecule has 1 aliphatic heterocycles. The van der Waals surface area contributed by atoms with Crippen LogP contribution in [0.3, 0.4) is 0 Å². The molecule has 1 aliphatic rings. The third-order valence-electron chi connectivity index (χ3n) is 3.99. The summed E-state index contributed by atoms with van der Waals surface area (Å²) < 4.78 is 0. The van der Waals surface area contributed by atoms with Crippen molar-refractivity contribution >= 4 is 17.0 Å². The second-order valence-corrected chi connectivity index (χ2v) is 5.38. The molecular weight excluding hydrogens is 278 g/mol. The smallest absolute Gasteiger partial charge is 0.182 e. The zero-order valence-electron chi connectivity index (χ0n) is 12.2. The lowest BCUT2D eigenvalue weighted by atomic mass is 10.2. The Morgan fingerprint density at radius 3 is 2.73 bits per heavy atom. The van der Waals surface area contributed by atoms with E-state index in [-0.39, 0.29) is 0 Å². The molecule has 7 nitrogen and oxygen atoms in total. The molecule has 0 aromatic carbocycles. The lowest BCUT2D eigenvalue weighted by Crippen LogP contribution is -2.46. The van der Waals surface area contributed by atoms with E-state index in [1.807, 2.05) is 18.3 Å². The van der Waals surface area contributed by atoms with Gasteiger partial charge in [-0.25, -0.2) is 15.0 Å². The van der Waals surface area contributed by atoms with Crippen molar-refractivity contribution in [3.63, 3.8) is 0 Å². The average Bonchev–Trinajstić information content (AvgIpc) is 3.05. The molecule has 1 fully saturated rings. The van der Waals surface area contributed by atoms with E-state index in [0.29, 0.717) is 0 Å². The van der Waals surface area contributed by atoms with Gasteiger partial charge in [-0.1, -0.05) is 6.07 Å². The first kappa shape index (κ1) is 13.1. The van der Waals surface area contributed by atoms with E-state index in [2.05, 4.69) is 40.8 Å². The first-order valence-corrected chi connectivity index (χ1v) is 7.41. The molecule has 0 aliphatic carbocycles. The van der Waals surface area contributed by atoms with Gasteiger partial charge >= 0.3 is 0 Å². The topological polar surface area (TPSA) is 73.8 Å². The molecule has 0 atom stereocenters. The fourth-order valence-corrected chi connectivity index (χ4v) is 2.83. The van der Waals surface area contributed by atoms with Crippen LogP contribution in [0.1, 0.15) is 5.69 Å². The van der Waals surface area contributed by atoms with Crippen LogP contribution in [-0.2, 0) is 6.54 Å². The van der Waals surface area contributed by atoms with Crippen molar-refractivity contribution in [3.8, 4) is 0 Å². The zero-order chi connectivity index (χ0) is 14.8. The van der Waals surface area contributed by atoms with E-state index in [9.17, 15) is 0 Å². The van der Waals surface area contributed by atoms with E-state index >= 15 is 0 Å². The Balaban J connectivity index is 1.45. The molecule has 0 saturated carbocycles. The van der Waals surface area contributed by atoms with Crippen molar-refractivity contribution in [2.45, 2.75) is 6.54 Å². The quantitative estimate of drug-likeness (QED) is 0.779. The van der Waals surface area contributed by atoms with Gasteiger partial charge in [0.25, 0.3) is 0 Å². The summed E-state index contributed by atoms with van der Waals surface area (Å²) in [6, 6.07) is 6.06. The van der Waals surface area contributed by atoms with Crippen LogP contribution in [0.25, 0.3) is 11.2 Å². The summed E-state index contributed by atoms with van der Waals surface area (Å²) in [4.78, 5) is 25.0. The van der Waals surface area contributed by atoms with Crippen molar-refractivity contribution < 1.29 is 0 Å². The molecular formula is C15H17N7. The van der Waals surface area contributed by atoms with Crippen LogP contribution in [0.2, 0.25) is 0 Å². The summed E-state index contributed by atoms with van der Waals surface area (Å²) in [6.45, 7) is 4.78. The molecule has 7 heteroatoms. The largest absolute Gasteiger partial charge is 0.352 e. The molecule has 4 heterocycles. The number of aromatic nitrogens is 5. The van der Waals surface area contributed by atoms with Gasteiger partial charge < -0.3 is 9.88 Å².